The van der Waals surface area contributed by atoms with E-state index in [1.807, 2.05) is 20.8 Å². The maximum absolute atomic E-state index is 12.6. The fraction of sp³-hybridized carbons (Fsp3) is 0.667. The Kier molecular flexibility index (Phi) is 4.13. The van der Waals surface area contributed by atoms with Crippen LogP contribution < -0.4 is 11.2 Å². The quantitative estimate of drug-likeness (QED) is 0.739. The van der Waals surface area contributed by atoms with Gasteiger partial charge in [0, 0.05) is 24.9 Å². The van der Waals surface area contributed by atoms with Gasteiger partial charge >= 0.3 is 0 Å². The molecule has 0 radical (unpaired) electrons. The number of carbonyl (C=O) groups excluding carboxylic acids is 1. The predicted molar refractivity (Wildman–Crippen MR) is 77.9 cm³/mol. The van der Waals surface area contributed by atoms with Crippen LogP contribution in [0, 0.1) is 5.41 Å². The summed E-state index contributed by atoms with van der Waals surface area (Å²) < 4.78 is 7.00. The summed E-state index contributed by atoms with van der Waals surface area (Å²) in [6.07, 6.45) is 0. The molecule has 0 spiro atoms. The second-order valence-corrected chi connectivity index (χ2v) is 7.01. The highest BCUT2D eigenvalue weighted by Gasteiger charge is 2.34. The van der Waals surface area contributed by atoms with Crippen LogP contribution in [0.25, 0.3) is 0 Å². The monoisotopic (exact) mass is 280 g/mol. The number of carbonyl (C=O) groups is 1. The van der Waals surface area contributed by atoms with E-state index >= 15 is 0 Å². The minimum absolute atomic E-state index is 0.125. The van der Waals surface area contributed by atoms with Gasteiger partial charge in [0.15, 0.2) is 5.78 Å². The number of hydrogen-bond acceptors (Lipinski definition) is 4. The van der Waals surface area contributed by atoms with Gasteiger partial charge in [0.25, 0.3) is 11.2 Å². The molecule has 0 fully saturated rings. The van der Waals surface area contributed by atoms with E-state index in [2.05, 4.69) is 4.99 Å². The highest BCUT2D eigenvalue weighted by atomic mass is 16.4. The third-order valence-electron chi connectivity index (χ3n) is 3.01. The smallest absolute Gasteiger partial charge is 0.299 e. The lowest BCUT2D eigenvalue weighted by Gasteiger charge is -2.24. The van der Waals surface area contributed by atoms with Crippen LogP contribution in [0.2, 0.25) is 0 Å². The average Bonchev–Trinajstić information content (AvgIpc) is 2.28. The second-order valence-electron chi connectivity index (χ2n) is 7.01. The molecule has 0 saturated carbocycles. The molecule has 0 atom stereocenters. The van der Waals surface area contributed by atoms with Gasteiger partial charge in [-0.25, -0.2) is 4.99 Å². The van der Waals surface area contributed by atoms with Crippen molar-refractivity contribution in [1.29, 1.82) is 0 Å². The topological polar surface area (TPSA) is 64.6 Å². The lowest BCUT2D eigenvalue weighted by Crippen LogP contribution is -2.41. The second kappa shape index (κ2) is 5.04. The zero-order chi connectivity index (χ0) is 15.9. The van der Waals surface area contributed by atoms with E-state index in [9.17, 15) is 9.59 Å². The highest BCUT2D eigenvalue weighted by molar-refractivity contribution is 6.00. The number of rotatable bonds is 1. The SMILES string of the molecule is CN=c1oc(C(C)(C)C)c(C(=O)C(C)(C)C)c(=O)n1C. The van der Waals surface area contributed by atoms with Crippen molar-refractivity contribution in [3.8, 4) is 0 Å². The highest BCUT2D eigenvalue weighted by Crippen LogP contribution is 2.27. The van der Waals surface area contributed by atoms with E-state index < -0.39 is 10.8 Å². The summed E-state index contributed by atoms with van der Waals surface area (Å²) >= 11 is 0. The Hall–Kier alpha value is -1.65. The van der Waals surface area contributed by atoms with Crippen LogP contribution in [-0.2, 0) is 12.5 Å². The number of hydrogen-bond donors (Lipinski definition) is 0. The van der Waals surface area contributed by atoms with Crippen LogP contribution >= 0.6 is 0 Å². The molecule has 1 rings (SSSR count). The van der Waals surface area contributed by atoms with Gasteiger partial charge in [0.1, 0.15) is 11.3 Å². The van der Waals surface area contributed by atoms with Gasteiger partial charge in [-0.15, -0.1) is 0 Å². The summed E-state index contributed by atoms with van der Waals surface area (Å²) in [6, 6.07) is 0. The normalized spacial score (nSPS) is 13.7. The predicted octanol–water partition coefficient (Wildman–Crippen LogP) is 2.04. The van der Waals surface area contributed by atoms with Gasteiger partial charge in [0.05, 0.1) is 0 Å². The molecule has 0 aliphatic carbocycles. The Balaban J connectivity index is 3.89. The molecule has 5 heteroatoms. The van der Waals surface area contributed by atoms with E-state index in [0.29, 0.717) is 5.76 Å². The summed E-state index contributed by atoms with van der Waals surface area (Å²) in [5.41, 5.74) is -1.12. The molecule has 0 amide bonds. The van der Waals surface area contributed by atoms with Crippen LogP contribution in [0.5, 0.6) is 0 Å². The minimum Gasteiger partial charge on any atom is -0.429 e. The number of Topliss-reactive ketones (excluding diaryl/α,β-unsaturated/α-hetero) is 1. The van der Waals surface area contributed by atoms with Gasteiger partial charge in [-0.2, -0.15) is 0 Å². The van der Waals surface area contributed by atoms with Gasteiger partial charge < -0.3 is 4.42 Å². The molecule has 0 aromatic carbocycles. The lowest BCUT2D eigenvalue weighted by atomic mass is 9.81. The molecule has 0 bridgehead atoms. The zero-order valence-corrected chi connectivity index (χ0v) is 13.6. The molecule has 5 nitrogen and oxygen atoms in total. The summed E-state index contributed by atoms with van der Waals surface area (Å²) in [4.78, 5) is 29.1. The van der Waals surface area contributed by atoms with Crippen molar-refractivity contribution in [3.05, 3.63) is 27.4 Å². The zero-order valence-electron chi connectivity index (χ0n) is 13.6. The number of nitrogens with zero attached hydrogens (tertiary/aromatic N) is 2. The molecular formula is C15H24N2O3. The molecule has 0 N–H and O–H groups in total. The molecule has 20 heavy (non-hydrogen) atoms. The third-order valence-corrected chi connectivity index (χ3v) is 3.01. The maximum Gasteiger partial charge on any atom is 0.299 e. The molecule has 0 unspecified atom stereocenters. The van der Waals surface area contributed by atoms with Crippen molar-refractivity contribution in [2.45, 2.75) is 47.0 Å². The van der Waals surface area contributed by atoms with Crippen LogP contribution in [0.3, 0.4) is 0 Å². The van der Waals surface area contributed by atoms with Crippen molar-refractivity contribution >= 4 is 5.78 Å². The molecular weight excluding hydrogens is 256 g/mol. The number of ketones is 1. The van der Waals surface area contributed by atoms with E-state index in [1.54, 1.807) is 34.9 Å². The van der Waals surface area contributed by atoms with Crippen LogP contribution in [-0.4, -0.2) is 17.4 Å². The van der Waals surface area contributed by atoms with Crippen molar-refractivity contribution in [1.82, 2.24) is 4.57 Å². The molecule has 1 aromatic rings. The van der Waals surface area contributed by atoms with Crippen molar-refractivity contribution < 1.29 is 9.21 Å². The standard InChI is InChI=1S/C15H24N2O3/c1-14(2,3)10(18)9-11(15(4,5)6)20-13(16-7)17(8)12(9)19/h1-8H3. The fourth-order valence-electron chi connectivity index (χ4n) is 1.86. The van der Waals surface area contributed by atoms with Gasteiger partial charge in [-0.3, -0.25) is 14.2 Å². The van der Waals surface area contributed by atoms with Gasteiger partial charge in [-0.1, -0.05) is 41.5 Å². The Bertz CT molecular complexity index is 650. The Labute approximate surface area is 119 Å². The summed E-state index contributed by atoms with van der Waals surface area (Å²) in [6.45, 7) is 11.1. The van der Waals surface area contributed by atoms with E-state index in [4.69, 9.17) is 4.42 Å². The van der Waals surface area contributed by atoms with Crippen LogP contribution in [0.4, 0.5) is 0 Å². The largest absolute Gasteiger partial charge is 0.429 e. The van der Waals surface area contributed by atoms with E-state index in [-0.39, 0.29) is 22.6 Å². The average molecular weight is 280 g/mol. The van der Waals surface area contributed by atoms with Crippen molar-refractivity contribution in [2.24, 2.45) is 17.5 Å². The molecule has 112 valence electrons. The fourth-order valence-corrected chi connectivity index (χ4v) is 1.86. The molecule has 0 saturated heterocycles. The number of aromatic nitrogens is 1. The van der Waals surface area contributed by atoms with Gasteiger partial charge in [0.2, 0.25) is 0 Å². The molecule has 1 heterocycles. The lowest BCUT2D eigenvalue weighted by molar-refractivity contribution is 0.0846. The van der Waals surface area contributed by atoms with Crippen molar-refractivity contribution in [3.63, 3.8) is 0 Å². The van der Waals surface area contributed by atoms with E-state index in [0.717, 1.165) is 0 Å². The van der Waals surface area contributed by atoms with Gasteiger partial charge in [-0.05, 0) is 0 Å². The minimum atomic E-state index is -0.646. The first-order chi connectivity index (χ1) is 8.91. The van der Waals surface area contributed by atoms with E-state index in [1.165, 1.54) is 4.57 Å². The Morgan fingerprint density at radius 2 is 1.65 bits per heavy atom. The molecule has 0 aliphatic heterocycles. The first-order valence-corrected chi connectivity index (χ1v) is 6.63. The van der Waals surface area contributed by atoms with Crippen LogP contribution in [0.1, 0.15) is 57.7 Å². The summed E-state index contributed by atoms with van der Waals surface area (Å²) in [7, 11) is 3.11. The molecule has 0 aliphatic rings. The van der Waals surface area contributed by atoms with Crippen molar-refractivity contribution in [2.75, 3.05) is 7.05 Å². The summed E-state index contributed by atoms with van der Waals surface area (Å²) in [5, 5.41) is 0. The molecule has 1 aromatic heterocycles. The Morgan fingerprint density at radius 3 is 2.00 bits per heavy atom. The third kappa shape index (κ3) is 2.92. The van der Waals surface area contributed by atoms with Crippen LogP contribution in [0.15, 0.2) is 14.2 Å². The first kappa shape index (κ1) is 16.4. The maximum atomic E-state index is 12.6. The Morgan fingerprint density at radius 1 is 1.15 bits per heavy atom. The first-order valence-electron chi connectivity index (χ1n) is 6.63. The summed E-state index contributed by atoms with van der Waals surface area (Å²) in [5.74, 6) is 0.176.